The van der Waals surface area contributed by atoms with E-state index >= 15 is 0 Å². The Labute approximate surface area is 124 Å². The Balaban J connectivity index is 3.77. The molecule has 0 unspecified atom stereocenters. The number of carbonyl (C=O) groups is 1. The number of methoxy groups -OCH3 is 1. The summed E-state index contributed by atoms with van der Waals surface area (Å²) in [5.41, 5.74) is 5.90. The van der Waals surface area contributed by atoms with Gasteiger partial charge in [0, 0.05) is 11.1 Å². The number of hydrogen-bond acceptors (Lipinski definition) is 4. The minimum atomic E-state index is -4.68. The predicted octanol–water partition coefficient (Wildman–Crippen LogP) is 4.52. The normalized spacial score (nSPS) is 11.6. The van der Waals surface area contributed by atoms with Crippen molar-refractivity contribution >= 4 is 17.6 Å². The van der Waals surface area contributed by atoms with Crippen LogP contribution in [0.4, 0.5) is 29.5 Å². The molecule has 1 aromatic heterocycles. The molecular weight excluding hydrogens is 303 g/mol. The van der Waals surface area contributed by atoms with E-state index in [2.05, 4.69) is 25.1 Å². The van der Waals surface area contributed by atoms with E-state index in [1.54, 1.807) is 0 Å². The van der Waals surface area contributed by atoms with Gasteiger partial charge in [-0.25, -0.2) is 4.79 Å². The Morgan fingerprint density at radius 2 is 2.00 bits per heavy atom. The Hall–Kier alpha value is -2.48. The summed E-state index contributed by atoms with van der Waals surface area (Å²) >= 11 is 0. The van der Waals surface area contributed by atoms with Gasteiger partial charge in [-0.2, -0.15) is 13.2 Å². The Morgan fingerprint density at radius 3 is 2.41 bits per heavy atom. The minimum Gasteiger partial charge on any atom is -0.453 e. The molecule has 0 fully saturated rings. The zero-order chi connectivity index (χ0) is 17.1. The van der Waals surface area contributed by atoms with E-state index in [1.807, 2.05) is 0 Å². The van der Waals surface area contributed by atoms with Crippen LogP contribution < -0.4 is 5.32 Å². The van der Waals surface area contributed by atoms with E-state index in [0.717, 1.165) is 7.11 Å². The molecule has 0 aliphatic rings. The molecule has 1 N–H and O–H groups in total. The predicted molar refractivity (Wildman–Crippen MR) is 72.8 cm³/mol. The van der Waals surface area contributed by atoms with Crippen molar-refractivity contribution in [2.75, 3.05) is 12.4 Å². The maximum Gasteiger partial charge on any atom is 0.418 e. The first-order valence-electron chi connectivity index (χ1n) is 6.03. The van der Waals surface area contributed by atoms with Crippen molar-refractivity contribution < 1.29 is 22.7 Å². The second-order valence-corrected chi connectivity index (χ2v) is 5.30. The van der Waals surface area contributed by atoms with E-state index in [4.69, 9.17) is 5.53 Å². The highest BCUT2D eigenvalue weighted by Crippen LogP contribution is 2.44. The van der Waals surface area contributed by atoms with Gasteiger partial charge < -0.3 is 4.74 Å². The van der Waals surface area contributed by atoms with Gasteiger partial charge >= 0.3 is 12.3 Å². The van der Waals surface area contributed by atoms with Gasteiger partial charge in [0.15, 0.2) is 5.82 Å². The molecule has 1 heterocycles. The Kier molecular flexibility index (Phi) is 4.87. The first kappa shape index (κ1) is 17.6. The van der Waals surface area contributed by atoms with E-state index in [1.165, 1.54) is 20.8 Å². The van der Waals surface area contributed by atoms with Crippen LogP contribution in [-0.4, -0.2) is 18.2 Å². The summed E-state index contributed by atoms with van der Waals surface area (Å²) in [5, 5.41) is 5.37. The van der Waals surface area contributed by atoms with Gasteiger partial charge in [0.25, 0.3) is 0 Å². The molecule has 0 bridgehead atoms. The summed E-state index contributed by atoms with van der Waals surface area (Å²) < 4.78 is 44.0. The fourth-order valence-corrected chi connectivity index (χ4v) is 1.88. The number of nitrogens with one attached hydrogen (secondary N) is 1. The highest BCUT2D eigenvalue weighted by molar-refractivity contribution is 5.90. The second kappa shape index (κ2) is 6.10. The lowest BCUT2D eigenvalue weighted by atomic mass is 9.83. The molecule has 10 heteroatoms. The van der Waals surface area contributed by atoms with Gasteiger partial charge in [-0.3, -0.25) is 10.3 Å². The van der Waals surface area contributed by atoms with Gasteiger partial charge in [-0.1, -0.05) is 20.8 Å². The number of alkyl halides is 3. The summed E-state index contributed by atoms with van der Waals surface area (Å²) in [6, 6.07) is 0. The van der Waals surface area contributed by atoms with Gasteiger partial charge in [0.1, 0.15) is 0 Å². The first-order valence-corrected chi connectivity index (χ1v) is 6.03. The number of azide groups is 1. The number of carbonyl (C=O) groups excluding carboxylic acids is 1. The molecule has 0 radical (unpaired) electrons. The molecule has 0 saturated carbocycles. The van der Waals surface area contributed by atoms with Gasteiger partial charge in [-0.15, -0.1) is 0 Å². The monoisotopic (exact) mass is 317 g/mol. The summed E-state index contributed by atoms with van der Waals surface area (Å²) in [5.74, 6) is -0.370. The van der Waals surface area contributed by atoms with Crippen LogP contribution in [0.3, 0.4) is 0 Å². The van der Waals surface area contributed by atoms with Crippen molar-refractivity contribution in [2.24, 2.45) is 5.11 Å². The molecule has 0 spiro atoms. The lowest BCUT2D eigenvalue weighted by Gasteiger charge is -2.27. The van der Waals surface area contributed by atoms with Crippen molar-refractivity contribution in [1.29, 1.82) is 0 Å². The number of halogens is 3. The van der Waals surface area contributed by atoms with Gasteiger partial charge in [0.2, 0.25) is 0 Å². The molecule has 1 aromatic rings. The number of rotatable bonds is 2. The van der Waals surface area contributed by atoms with Crippen LogP contribution in [0.25, 0.3) is 10.4 Å². The Bertz CT molecular complexity index is 631. The SMILES string of the molecule is COC(=O)Nc1c(N=[N+]=[N-])ncc(C(F)(F)F)c1C(C)(C)C. The third-order valence-corrected chi connectivity index (χ3v) is 2.67. The number of amides is 1. The molecule has 1 amide bonds. The zero-order valence-electron chi connectivity index (χ0n) is 12.3. The van der Waals surface area contributed by atoms with E-state index in [9.17, 15) is 18.0 Å². The van der Waals surface area contributed by atoms with Crippen molar-refractivity contribution in [3.8, 4) is 0 Å². The average Bonchev–Trinajstić information content (AvgIpc) is 2.37. The minimum absolute atomic E-state index is 0.247. The number of nitrogens with zero attached hydrogens (tertiary/aromatic N) is 4. The number of aromatic nitrogens is 1. The lowest BCUT2D eigenvalue weighted by molar-refractivity contribution is -0.138. The van der Waals surface area contributed by atoms with Crippen molar-refractivity contribution in [2.45, 2.75) is 32.4 Å². The molecular formula is C12H14F3N5O2. The third-order valence-electron chi connectivity index (χ3n) is 2.67. The maximum absolute atomic E-state index is 13.2. The molecule has 120 valence electrons. The summed E-state index contributed by atoms with van der Waals surface area (Å²) in [6.45, 7) is 4.58. The van der Waals surface area contributed by atoms with Crippen LogP contribution in [0.2, 0.25) is 0 Å². The van der Waals surface area contributed by atoms with E-state index in [0.29, 0.717) is 6.20 Å². The Morgan fingerprint density at radius 1 is 1.41 bits per heavy atom. The largest absolute Gasteiger partial charge is 0.453 e. The highest BCUT2D eigenvalue weighted by atomic mass is 19.4. The van der Waals surface area contributed by atoms with Gasteiger partial charge in [-0.05, 0) is 21.6 Å². The first-order chi connectivity index (χ1) is 10.0. The van der Waals surface area contributed by atoms with Crippen molar-refractivity contribution in [1.82, 2.24) is 4.98 Å². The lowest BCUT2D eigenvalue weighted by Crippen LogP contribution is -2.24. The number of anilines is 1. The zero-order valence-corrected chi connectivity index (χ0v) is 12.3. The molecule has 0 atom stereocenters. The third kappa shape index (κ3) is 3.79. The summed E-state index contributed by atoms with van der Waals surface area (Å²) in [6.07, 6.45) is -5.11. The molecule has 22 heavy (non-hydrogen) atoms. The van der Waals surface area contributed by atoms with Crippen LogP contribution in [0.15, 0.2) is 11.3 Å². The fraction of sp³-hybridized carbons (Fsp3) is 0.500. The standard InChI is InChI=1S/C12H14F3N5O2/c1-11(2,3)7-6(12(13,14)15)5-17-9(19-20-16)8(7)18-10(21)22-4/h5H,1-4H3,(H,18,21). The number of ether oxygens (including phenoxy) is 1. The summed E-state index contributed by atoms with van der Waals surface area (Å²) in [4.78, 5) is 17.4. The van der Waals surface area contributed by atoms with Crippen LogP contribution in [0.1, 0.15) is 31.9 Å². The second-order valence-electron chi connectivity index (χ2n) is 5.30. The average molecular weight is 317 g/mol. The number of pyridine rings is 1. The maximum atomic E-state index is 13.2. The van der Waals surface area contributed by atoms with Crippen LogP contribution >= 0.6 is 0 Å². The molecule has 0 aromatic carbocycles. The highest BCUT2D eigenvalue weighted by Gasteiger charge is 2.39. The van der Waals surface area contributed by atoms with Crippen LogP contribution in [0.5, 0.6) is 0 Å². The van der Waals surface area contributed by atoms with Crippen molar-refractivity contribution in [3.63, 3.8) is 0 Å². The number of hydrogen-bond donors (Lipinski definition) is 1. The topological polar surface area (TPSA) is 100.0 Å². The summed E-state index contributed by atoms with van der Waals surface area (Å²) in [7, 11) is 1.06. The van der Waals surface area contributed by atoms with Crippen LogP contribution in [0, 0.1) is 0 Å². The van der Waals surface area contributed by atoms with E-state index < -0.39 is 23.2 Å². The smallest absolute Gasteiger partial charge is 0.418 e. The van der Waals surface area contributed by atoms with Crippen LogP contribution in [-0.2, 0) is 16.3 Å². The fourth-order valence-electron chi connectivity index (χ4n) is 1.88. The molecule has 0 aliphatic heterocycles. The van der Waals surface area contributed by atoms with Gasteiger partial charge in [0.05, 0.1) is 18.4 Å². The molecule has 7 nitrogen and oxygen atoms in total. The quantitative estimate of drug-likeness (QED) is 0.493. The molecule has 0 aliphatic carbocycles. The molecule has 0 saturated heterocycles. The molecule has 1 rings (SSSR count). The van der Waals surface area contributed by atoms with E-state index in [-0.39, 0.29) is 17.1 Å². The van der Waals surface area contributed by atoms with Crippen molar-refractivity contribution in [3.05, 3.63) is 27.8 Å².